The van der Waals surface area contributed by atoms with E-state index in [2.05, 4.69) is 57.3 Å². The zero-order valence-electron chi connectivity index (χ0n) is 12.1. The van der Waals surface area contributed by atoms with Gasteiger partial charge in [0.05, 0.1) is 0 Å². The van der Waals surface area contributed by atoms with E-state index in [4.69, 9.17) is 5.11 Å². The molecule has 0 saturated heterocycles. The number of aliphatic hydroxyl groups is 1. The number of nitrogens with one attached hydrogen (secondary N) is 1. The fraction of sp³-hybridized carbons (Fsp3) is 0.625. The summed E-state index contributed by atoms with van der Waals surface area (Å²) in [7, 11) is 0. The van der Waals surface area contributed by atoms with Gasteiger partial charge in [0.15, 0.2) is 0 Å². The zero-order chi connectivity index (χ0) is 13.5. The van der Waals surface area contributed by atoms with Crippen LogP contribution in [0.5, 0.6) is 0 Å². The van der Waals surface area contributed by atoms with Crippen molar-refractivity contribution in [3.63, 3.8) is 0 Å². The van der Waals surface area contributed by atoms with Gasteiger partial charge in [0.2, 0.25) is 0 Å². The van der Waals surface area contributed by atoms with Gasteiger partial charge in [-0.15, -0.1) is 0 Å². The lowest BCUT2D eigenvalue weighted by Gasteiger charge is -2.18. The Morgan fingerprint density at radius 2 is 1.56 bits per heavy atom. The first-order valence-electron chi connectivity index (χ1n) is 6.98. The van der Waals surface area contributed by atoms with E-state index in [1.807, 2.05) is 0 Å². The van der Waals surface area contributed by atoms with Gasteiger partial charge in [0, 0.05) is 12.6 Å². The maximum atomic E-state index is 8.87. The van der Waals surface area contributed by atoms with Crippen molar-refractivity contribution in [2.75, 3.05) is 13.2 Å². The average Bonchev–Trinajstić information content (AvgIpc) is 2.36. The Bertz CT molecular complexity index is 331. The Morgan fingerprint density at radius 1 is 1.00 bits per heavy atom. The normalized spacial score (nSPS) is 14.8. The molecule has 0 heterocycles. The molecule has 2 N–H and O–H groups in total. The molecule has 18 heavy (non-hydrogen) atoms. The molecule has 0 radical (unpaired) electrons. The first-order chi connectivity index (χ1) is 8.54. The number of benzene rings is 1. The largest absolute Gasteiger partial charge is 0.396 e. The minimum absolute atomic E-state index is 0.278. The Balaban J connectivity index is 2.48. The molecule has 0 saturated carbocycles. The van der Waals surface area contributed by atoms with Crippen LogP contribution in [0.15, 0.2) is 24.3 Å². The second-order valence-electron chi connectivity index (χ2n) is 5.57. The number of hydrogen-bond acceptors (Lipinski definition) is 2. The van der Waals surface area contributed by atoms with E-state index in [-0.39, 0.29) is 6.61 Å². The van der Waals surface area contributed by atoms with Gasteiger partial charge < -0.3 is 10.4 Å². The summed E-state index contributed by atoms with van der Waals surface area (Å²) in [5.74, 6) is 1.11. The van der Waals surface area contributed by atoms with Crippen molar-refractivity contribution < 1.29 is 5.11 Å². The van der Waals surface area contributed by atoms with Crippen LogP contribution in [0.4, 0.5) is 0 Å². The molecular formula is C16H27NO. The molecule has 0 aromatic heterocycles. The van der Waals surface area contributed by atoms with Gasteiger partial charge in [-0.05, 0) is 42.9 Å². The molecule has 1 aromatic rings. The van der Waals surface area contributed by atoms with Crippen LogP contribution in [0, 0.1) is 5.92 Å². The molecule has 2 nitrogen and oxygen atoms in total. The Hall–Kier alpha value is -0.860. The van der Waals surface area contributed by atoms with E-state index in [0.717, 1.165) is 13.0 Å². The highest BCUT2D eigenvalue weighted by Gasteiger charge is 2.08. The molecule has 2 heteroatoms. The molecule has 0 spiro atoms. The lowest BCUT2D eigenvalue weighted by Crippen LogP contribution is -2.25. The summed E-state index contributed by atoms with van der Waals surface area (Å²) >= 11 is 0. The molecule has 0 aliphatic rings. The summed E-state index contributed by atoms with van der Waals surface area (Å²) in [5.41, 5.74) is 2.72. The first-order valence-corrected chi connectivity index (χ1v) is 6.98. The third-order valence-electron chi connectivity index (χ3n) is 3.50. The van der Waals surface area contributed by atoms with Crippen LogP contribution in [0.25, 0.3) is 0 Å². The van der Waals surface area contributed by atoms with E-state index in [9.17, 15) is 0 Å². The second kappa shape index (κ2) is 7.55. The first kappa shape index (κ1) is 15.2. The van der Waals surface area contributed by atoms with Crippen LogP contribution >= 0.6 is 0 Å². The summed E-state index contributed by atoms with van der Waals surface area (Å²) in [5, 5.41) is 12.4. The Morgan fingerprint density at radius 3 is 2.06 bits per heavy atom. The van der Waals surface area contributed by atoms with Gasteiger partial charge in [0.1, 0.15) is 0 Å². The summed E-state index contributed by atoms with van der Waals surface area (Å²) in [6.45, 7) is 10.0. The second-order valence-corrected chi connectivity index (χ2v) is 5.57. The number of hydrogen-bond donors (Lipinski definition) is 2. The van der Waals surface area contributed by atoms with Crippen molar-refractivity contribution >= 4 is 0 Å². The molecule has 102 valence electrons. The summed E-state index contributed by atoms with van der Waals surface area (Å²) in [6.07, 6.45) is 0.867. The summed E-state index contributed by atoms with van der Waals surface area (Å²) in [6, 6.07) is 9.23. The van der Waals surface area contributed by atoms with Crippen LogP contribution in [0.3, 0.4) is 0 Å². The molecule has 0 bridgehead atoms. The maximum Gasteiger partial charge on any atom is 0.0434 e. The molecule has 1 aromatic carbocycles. The van der Waals surface area contributed by atoms with E-state index >= 15 is 0 Å². The number of rotatable bonds is 7. The topological polar surface area (TPSA) is 32.3 Å². The molecule has 2 atom stereocenters. The molecule has 0 amide bonds. The van der Waals surface area contributed by atoms with Gasteiger partial charge >= 0.3 is 0 Å². The molecular weight excluding hydrogens is 222 g/mol. The minimum atomic E-state index is 0.278. The lowest BCUT2D eigenvalue weighted by atomic mass is 9.99. The summed E-state index contributed by atoms with van der Waals surface area (Å²) in [4.78, 5) is 0. The van der Waals surface area contributed by atoms with Gasteiger partial charge in [-0.25, -0.2) is 0 Å². The molecule has 0 fully saturated rings. The van der Waals surface area contributed by atoms with Crippen molar-refractivity contribution in [1.82, 2.24) is 5.32 Å². The molecule has 2 unspecified atom stereocenters. The molecule has 1 rings (SSSR count). The van der Waals surface area contributed by atoms with Crippen molar-refractivity contribution in [2.24, 2.45) is 5.92 Å². The van der Waals surface area contributed by atoms with Crippen LogP contribution in [0.1, 0.15) is 57.2 Å². The van der Waals surface area contributed by atoms with E-state index in [0.29, 0.717) is 17.9 Å². The lowest BCUT2D eigenvalue weighted by molar-refractivity contribution is 0.258. The van der Waals surface area contributed by atoms with Crippen LogP contribution in [-0.2, 0) is 0 Å². The molecule has 0 aliphatic heterocycles. The van der Waals surface area contributed by atoms with Crippen LogP contribution in [-0.4, -0.2) is 18.3 Å². The van der Waals surface area contributed by atoms with Gasteiger partial charge in [0.25, 0.3) is 0 Å². The average molecular weight is 249 g/mol. The fourth-order valence-electron chi connectivity index (χ4n) is 1.99. The van der Waals surface area contributed by atoms with E-state index < -0.39 is 0 Å². The zero-order valence-corrected chi connectivity index (χ0v) is 12.1. The van der Waals surface area contributed by atoms with Gasteiger partial charge in [-0.2, -0.15) is 0 Å². The highest BCUT2D eigenvalue weighted by Crippen LogP contribution is 2.18. The Labute approximate surface area is 111 Å². The Kier molecular flexibility index (Phi) is 6.37. The van der Waals surface area contributed by atoms with E-state index in [1.165, 1.54) is 11.1 Å². The predicted molar refractivity (Wildman–Crippen MR) is 77.8 cm³/mol. The quantitative estimate of drug-likeness (QED) is 0.775. The fourth-order valence-corrected chi connectivity index (χ4v) is 1.99. The molecule has 0 aliphatic carbocycles. The van der Waals surface area contributed by atoms with Gasteiger partial charge in [-0.1, -0.05) is 45.0 Å². The van der Waals surface area contributed by atoms with Crippen LogP contribution in [0.2, 0.25) is 0 Å². The monoisotopic (exact) mass is 249 g/mol. The number of aliphatic hydroxyl groups excluding tert-OH is 1. The third-order valence-corrected chi connectivity index (χ3v) is 3.50. The van der Waals surface area contributed by atoms with Crippen molar-refractivity contribution in [3.05, 3.63) is 35.4 Å². The standard InChI is InChI=1S/C16H27NO/c1-12(2)15-5-7-16(8-6-15)14(4)17-11-13(3)9-10-18/h5-8,12-14,17-18H,9-11H2,1-4H3. The van der Waals surface area contributed by atoms with E-state index in [1.54, 1.807) is 0 Å². The van der Waals surface area contributed by atoms with Crippen molar-refractivity contribution in [2.45, 2.75) is 46.1 Å². The smallest absolute Gasteiger partial charge is 0.0434 e. The van der Waals surface area contributed by atoms with Gasteiger partial charge in [-0.3, -0.25) is 0 Å². The van der Waals surface area contributed by atoms with Crippen LogP contribution < -0.4 is 5.32 Å². The third kappa shape index (κ3) is 4.79. The minimum Gasteiger partial charge on any atom is -0.396 e. The predicted octanol–water partition coefficient (Wildman–Crippen LogP) is 3.48. The van der Waals surface area contributed by atoms with Crippen molar-refractivity contribution in [3.8, 4) is 0 Å². The highest BCUT2D eigenvalue weighted by atomic mass is 16.3. The maximum absolute atomic E-state index is 8.87. The SMILES string of the molecule is CC(CCO)CNC(C)c1ccc(C(C)C)cc1. The van der Waals surface area contributed by atoms with Crippen molar-refractivity contribution in [1.29, 1.82) is 0 Å². The highest BCUT2D eigenvalue weighted by molar-refractivity contribution is 5.26. The summed E-state index contributed by atoms with van der Waals surface area (Å²) < 4.78 is 0.